The molecule has 0 spiro atoms. The molecule has 0 aliphatic carbocycles. The number of aromatic hydroxyl groups is 1. The molecule has 1 rings (SSSR count). The van der Waals surface area contributed by atoms with E-state index in [4.69, 9.17) is 0 Å². The molecular formula is C18H31NO. The highest BCUT2D eigenvalue weighted by Crippen LogP contribution is 2.39. The number of hydrogen-bond acceptors (Lipinski definition) is 2. The van der Waals surface area contributed by atoms with Gasteiger partial charge in [-0.2, -0.15) is 0 Å². The molecule has 114 valence electrons. The molecule has 0 aliphatic heterocycles. The molecule has 0 aliphatic rings. The molecule has 0 amide bonds. The summed E-state index contributed by atoms with van der Waals surface area (Å²) in [5.74, 6) is 0.474. The monoisotopic (exact) mass is 277 g/mol. The van der Waals surface area contributed by atoms with Crippen LogP contribution in [0, 0.1) is 0 Å². The second kappa shape index (κ2) is 6.17. The third kappa shape index (κ3) is 4.24. The first kappa shape index (κ1) is 17.0. The van der Waals surface area contributed by atoms with Crippen molar-refractivity contribution >= 4 is 0 Å². The highest BCUT2D eigenvalue weighted by atomic mass is 16.3. The molecule has 0 atom stereocenters. The van der Waals surface area contributed by atoms with E-state index in [1.165, 1.54) is 5.56 Å². The van der Waals surface area contributed by atoms with Crippen molar-refractivity contribution in [3.05, 3.63) is 28.8 Å². The summed E-state index contributed by atoms with van der Waals surface area (Å²) in [4.78, 5) is 0. The van der Waals surface area contributed by atoms with Crippen molar-refractivity contribution in [2.45, 2.75) is 65.2 Å². The fraction of sp³-hybridized carbons (Fsp3) is 0.667. The van der Waals surface area contributed by atoms with Crippen LogP contribution in [0.5, 0.6) is 5.75 Å². The number of benzene rings is 1. The van der Waals surface area contributed by atoms with Crippen molar-refractivity contribution in [1.29, 1.82) is 0 Å². The highest BCUT2D eigenvalue weighted by molar-refractivity contribution is 5.49. The summed E-state index contributed by atoms with van der Waals surface area (Å²) in [7, 11) is 1.98. The van der Waals surface area contributed by atoms with Gasteiger partial charge >= 0.3 is 0 Å². The predicted molar refractivity (Wildman–Crippen MR) is 87.8 cm³/mol. The van der Waals surface area contributed by atoms with E-state index in [0.29, 0.717) is 5.75 Å². The van der Waals surface area contributed by atoms with Crippen LogP contribution in [0.1, 0.15) is 64.7 Å². The lowest BCUT2D eigenvalue weighted by atomic mass is 9.78. The zero-order valence-corrected chi connectivity index (χ0v) is 14.2. The minimum absolute atomic E-state index is 0.0386. The molecular weight excluding hydrogens is 246 g/mol. The second-order valence-electron chi connectivity index (χ2n) is 7.75. The summed E-state index contributed by atoms with van der Waals surface area (Å²) in [5, 5.41) is 13.8. The number of phenols is 1. The van der Waals surface area contributed by atoms with Gasteiger partial charge in [-0.15, -0.1) is 0 Å². The third-order valence-corrected chi connectivity index (χ3v) is 3.68. The Morgan fingerprint density at radius 1 is 0.950 bits per heavy atom. The quantitative estimate of drug-likeness (QED) is 0.811. The van der Waals surface area contributed by atoms with Gasteiger partial charge in [-0.05, 0) is 54.0 Å². The van der Waals surface area contributed by atoms with Crippen LogP contribution in [0.15, 0.2) is 12.1 Å². The largest absolute Gasteiger partial charge is 0.507 e. The molecule has 0 heterocycles. The molecule has 1 aromatic carbocycles. The predicted octanol–water partition coefficient (Wildman–Crippen LogP) is 4.14. The van der Waals surface area contributed by atoms with Gasteiger partial charge in [-0.25, -0.2) is 0 Å². The number of aryl methyl sites for hydroxylation is 1. The fourth-order valence-electron chi connectivity index (χ4n) is 2.45. The Kier molecular flexibility index (Phi) is 5.26. The minimum atomic E-state index is -0.0386. The van der Waals surface area contributed by atoms with E-state index in [9.17, 15) is 5.11 Å². The van der Waals surface area contributed by atoms with Crippen LogP contribution in [0.3, 0.4) is 0 Å². The highest BCUT2D eigenvalue weighted by Gasteiger charge is 2.26. The number of hydrogen-bond donors (Lipinski definition) is 2. The molecule has 0 saturated heterocycles. The first-order valence-corrected chi connectivity index (χ1v) is 7.59. The average molecular weight is 277 g/mol. The summed E-state index contributed by atoms with van der Waals surface area (Å²) >= 11 is 0. The summed E-state index contributed by atoms with van der Waals surface area (Å²) in [6.45, 7) is 14.0. The van der Waals surface area contributed by atoms with Crippen molar-refractivity contribution in [2.24, 2.45) is 0 Å². The zero-order chi connectivity index (χ0) is 15.6. The molecule has 0 bridgehead atoms. The molecule has 2 nitrogen and oxygen atoms in total. The lowest BCUT2D eigenvalue weighted by molar-refractivity contribution is 0.422. The summed E-state index contributed by atoms with van der Waals surface area (Å²) in [6, 6.07) is 4.36. The maximum Gasteiger partial charge on any atom is 0.123 e. The van der Waals surface area contributed by atoms with E-state index in [0.717, 1.165) is 30.5 Å². The molecule has 0 fully saturated rings. The van der Waals surface area contributed by atoms with Gasteiger partial charge in [0.15, 0.2) is 0 Å². The molecule has 2 N–H and O–H groups in total. The van der Waals surface area contributed by atoms with Gasteiger partial charge in [0.1, 0.15) is 5.75 Å². The molecule has 0 radical (unpaired) electrons. The van der Waals surface area contributed by atoms with E-state index in [-0.39, 0.29) is 10.8 Å². The molecule has 0 aromatic heterocycles. The van der Waals surface area contributed by atoms with E-state index >= 15 is 0 Å². The maximum atomic E-state index is 10.6. The van der Waals surface area contributed by atoms with Crippen LogP contribution in [-0.2, 0) is 17.3 Å². The number of phenolic OH excluding ortho intramolecular Hbond substituents is 1. The second-order valence-corrected chi connectivity index (χ2v) is 7.75. The van der Waals surface area contributed by atoms with Gasteiger partial charge in [0.05, 0.1) is 0 Å². The van der Waals surface area contributed by atoms with Gasteiger partial charge < -0.3 is 10.4 Å². The molecule has 20 heavy (non-hydrogen) atoms. The topological polar surface area (TPSA) is 32.3 Å². The van der Waals surface area contributed by atoms with E-state index in [1.54, 1.807) is 0 Å². The Morgan fingerprint density at radius 2 is 1.40 bits per heavy atom. The number of rotatable bonds is 4. The van der Waals surface area contributed by atoms with E-state index < -0.39 is 0 Å². The zero-order valence-electron chi connectivity index (χ0n) is 14.2. The Morgan fingerprint density at radius 3 is 1.75 bits per heavy atom. The van der Waals surface area contributed by atoms with E-state index in [1.807, 2.05) is 7.05 Å². The fourth-order valence-corrected chi connectivity index (χ4v) is 2.45. The van der Waals surface area contributed by atoms with Gasteiger partial charge in [0.25, 0.3) is 0 Å². The van der Waals surface area contributed by atoms with Crippen molar-refractivity contribution in [1.82, 2.24) is 5.32 Å². The molecule has 0 unspecified atom stereocenters. The van der Waals surface area contributed by atoms with Crippen LogP contribution in [-0.4, -0.2) is 18.7 Å². The maximum absolute atomic E-state index is 10.6. The van der Waals surface area contributed by atoms with Crippen molar-refractivity contribution in [3.63, 3.8) is 0 Å². The lowest BCUT2D eigenvalue weighted by Crippen LogP contribution is -2.18. The summed E-state index contributed by atoms with van der Waals surface area (Å²) in [5.41, 5.74) is 3.37. The van der Waals surface area contributed by atoms with Gasteiger partial charge in [0, 0.05) is 0 Å². The Bertz CT molecular complexity index is 414. The molecule has 0 saturated carbocycles. The standard InChI is InChI=1S/C18H31NO/c1-17(2,3)14-11-13(9-8-10-19-7)12-15(16(14)20)18(4,5)6/h11-12,19-20H,8-10H2,1-7H3. The van der Waals surface area contributed by atoms with Gasteiger partial charge in [-0.3, -0.25) is 0 Å². The van der Waals surface area contributed by atoms with Crippen molar-refractivity contribution < 1.29 is 5.11 Å². The van der Waals surface area contributed by atoms with Crippen LogP contribution >= 0.6 is 0 Å². The van der Waals surface area contributed by atoms with Crippen LogP contribution in [0.4, 0.5) is 0 Å². The normalized spacial score (nSPS) is 12.8. The van der Waals surface area contributed by atoms with E-state index in [2.05, 4.69) is 59.0 Å². The van der Waals surface area contributed by atoms with Crippen molar-refractivity contribution in [2.75, 3.05) is 13.6 Å². The summed E-state index contributed by atoms with van der Waals surface area (Å²) < 4.78 is 0. The van der Waals surface area contributed by atoms with Gasteiger partial charge in [0.2, 0.25) is 0 Å². The smallest absolute Gasteiger partial charge is 0.123 e. The van der Waals surface area contributed by atoms with Gasteiger partial charge in [-0.1, -0.05) is 53.7 Å². The Labute approximate surface area is 124 Å². The minimum Gasteiger partial charge on any atom is -0.507 e. The van der Waals surface area contributed by atoms with Crippen LogP contribution in [0.2, 0.25) is 0 Å². The van der Waals surface area contributed by atoms with Crippen LogP contribution in [0.25, 0.3) is 0 Å². The molecule has 2 heteroatoms. The SMILES string of the molecule is CNCCCc1cc(C(C)(C)C)c(O)c(C(C)(C)C)c1. The Balaban J connectivity index is 3.28. The third-order valence-electron chi connectivity index (χ3n) is 3.68. The van der Waals surface area contributed by atoms with Crippen molar-refractivity contribution in [3.8, 4) is 5.75 Å². The lowest BCUT2D eigenvalue weighted by Gasteiger charge is -2.28. The van der Waals surface area contributed by atoms with Crippen LogP contribution < -0.4 is 5.32 Å². The number of nitrogens with one attached hydrogen (secondary N) is 1. The molecule has 1 aromatic rings. The first-order valence-electron chi connectivity index (χ1n) is 7.59. The average Bonchev–Trinajstić information content (AvgIpc) is 2.28. The summed E-state index contributed by atoms with van der Waals surface area (Å²) in [6.07, 6.45) is 2.17. The first-order chi connectivity index (χ1) is 9.07. The Hall–Kier alpha value is -1.02.